The van der Waals surface area contributed by atoms with E-state index >= 15 is 0 Å². The molecule has 3 rings (SSSR count). The molecular formula is C17H22N2O2. The summed E-state index contributed by atoms with van der Waals surface area (Å²) in [5, 5.41) is 0. The maximum atomic E-state index is 12.3. The van der Waals surface area contributed by atoms with Crippen LogP contribution in [0, 0.1) is 5.92 Å². The molecule has 0 bridgehead atoms. The van der Waals surface area contributed by atoms with Crippen LogP contribution >= 0.6 is 0 Å². The fourth-order valence-corrected chi connectivity index (χ4v) is 3.05. The van der Waals surface area contributed by atoms with Gasteiger partial charge in [0.05, 0.1) is 0 Å². The summed E-state index contributed by atoms with van der Waals surface area (Å²) in [4.78, 5) is 18.2. The minimum absolute atomic E-state index is 0.211. The quantitative estimate of drug-likeness (QED) is 0.799. The van der Waals surface area contributed by atoms with Crippen LogP contribution in [0.4, 0.5) is 0 Å². The number of amides is 1. The summed E-state index contributed by atoms with van der Waals surface area (Å²) in [7, 11) is 0. The van der Waals surface area contributed by atoms with Crippen molar-refractivity contribution < 1.29 is 9.53 Å². The Morgan fingerprint density at radius 1 is 1.24 bits per heavy atom. The van der Waals surface area contributed by atoms with E-state index in [1.165, 1.54) is 0 Å². The number of piperidine rings is 1. The van der Waals surface area contributed by atoms with Crippen LogP contribution in [-0.2, 0) is 4.79 Å². The number of aromatic nitrogens is 1. The van der Waals surface area contributed by atoms with Gasteiger partial charge in [-0.3, -0.25) is 9.78 Å². The lowest BCUT2D eigenvalue weighted by molar-refractivity contribution is -0.133. The zero-order valence-electron chi connectivity index (χ0n) is 12.3. The second-order valence-corrected chi connectivity index (χ2v) is 5.85. The second-order valence-electron chi connectivity index (χ2n) is 5.85. The molecule has 4 heteroatoms. The molecule has 1 amide bonds. The lowest BCUT2D eigenvalue weighted by atomic mass is 10.0. The number of hydrogen-bond acceptors (Lipinski definition) is 3. The van der Waals surface area contributed by atoms with Gasteiger partial charge in [-0.2, -0.15) is 0 Å². The summed E-state index contributed by atoms with van der Waals surface area (Å²) in [6.07, 6.45) is 12.8. The Hall–Kier alpha value is -1.84. The Balaban J connectivity index is 1.44. The molecule has 2 aliphatic rings. The first-order valence-corrected chi connectivity index (χ1v) is 7.82. The Bertz CT molecular complexity index is 493. The van der Waals surface area contributed by atoms with E-state index in [2.05, 4.69) is 17.1 Å². The summed E-state index contributed by atoms with van der Waals surface area (Å²) >= 11 is 0. The van der Waals surface area contributed by atoms with E-state index in [4.69, 9.17) is 4.74 Å². The average molecular weight is 286 g/mol. The number of pyridine rings is 1. The summed E-state index contributed by atoms with van der Waals surface area (Å²) in [5.41, 5.74) is 0. The van der Waals surface area contributed by atoms with E-state index in [0.717, 1.165) is 44.5 Å². The number of carbonyl (C=O) groups excluding carboxylic acids is 1. The molecule has 4 nitrogen and oxygen atoms in total. The largest absolute Gasteiger partial charge is 0.490 e. The first-order valence-electron chi connectivity index (χ1n) is 7.82. The van der Waals surface area contributed by atoms with E-state index in [1.807, 2.05) is 17.0 Å². The Morgan fingerprint density at radius 2 is 2.00 bits per heavy atom. The lowest BCUT2D eigenvalue weighted by Gasteiger charge is -2.32. The number of allylic oxidation sites excluding steroid dienone is 2. The molecule has 21 heavy (non-hydrogen) atoms. The SMILES string of the molecule is O=C(CC1C=CCC1)N1CCC(Oc2ccncc2)CC1. The number of hydrogen-bond donors (Lipinski definition) is 0. The van der Waals surface area contributed by atoms with E-state index in [0.29, 0.717) is 18.2 Å². The molecule has 0 spiro atoms. The van der Waals surface area contributed by atoms with Crippen molar-refractivity contribution in [1.29, 1.82) is 0 Å². The van der Waals surface area contributed by atoms with Crippen LogP contribution < -0.4 is 4.74 Å². The summed E-state index contributed by atoms with van der Waals surface area (Å²) in [6, 6.07) is 3.76. The van der Waals surface area contributed by atoms with Crippen LogP contribution in [0.15, 0.2) is 36.7 Å². The zero-order chi connectivity index (χ0) is 14.5. The molecule has 1 atom stereocenters. The van der Waals surface area contributed by atoms with Crippen molar-refractivity contribution >= 4 is 5.91 Å². The molecule has 1 aliphatic heterocycles. The molecule has 112 valence electrons. The molecule has 2 heterocycles. The van der Waals surface area contributed by atoms with Gasteiger partial charge in [0.15, 0.2) is 0 Å². The van der Waals surface area contributed by atoms with Crippen molar-refractivity contribution in [2.45, 2.75) is 38.2 Å². The first kappa shape index (κ1) is 14.1. The Labute approximate surface area is 125 Å². The van der Waals surface area contributed by atoms with Gasteiger partial charge in [-0.05, 0) is 30.9 Å². The summed E-state index contributed by atoms with van der Waals surface area (Å²) < 4.78 is 5.93. The zero-order valence-corrected chi connectivity index (χ0v) is 12.3. The molecule has 0 N–H and O–H groups in total. The maximum Gasteiger partial charge on any atom is 0.223 e. The number of rotatable bonds is 4. The van der Waals surface area contributed by atoms with Crippen molar-refractivity contribution in [3.63, 3.8) is 0 Å². The standard InChI is InChI=1S/C17H22N2O2/c20-17(13-14-3-1-2-4-14)19-11-7-16(8-12-19)21-15-5-9-18-10-6-15/h1,3,5-6,9-10,14,16H,2,4,7-8,11-13H2. The third-order valence-corrected chi connectivity index (χ3v) is 4.30. The summed E-state index contributed by atoms with van der Waals surface area (Å²) in [6.45, 7) is 1.62. The van der Waals surface area contributed by atoms with E-state index in [-0.39, 0.29) is 6.10 Å². The highest BCUT2D eigenvalue weighted by Gasteiger charge is 2.25. The van der Waals surface area contributed by atoms with Gasteiger partial charge in [-0.1, -0.05) is 12.2 Å². The highest BCUT2D eigenvalue weighted by Crippen LogP contribution is 2.23. The van der Waals surface area contributed by atoms with E-state index in [1.54, 1.807) is 12.4 Å². The highest BCUT2D eigenvalue weighted by molar-refractivity contribution is 5.76. The van der Waals surface area contributed by atoms with Gasteiger partial charge in [-0.25, -0.2) is 0 Å². The molecule has 1 fully saturated rings. The van der Waals surface area contributed by atoms with Crippen LogP contribution in [-0.4, -0.2) is 35.0 Å². The average Bonchev–Trinajstić information content (AvgIpc) is 3.02. The van der Waals surface area contributed by atoms with Crippen molar-refractivity contribution in [2.75, 3.05) is 13.1 Å². The van der Waals surface area contributed by atoms with Crippen LogP contribution in [0.25, 0.3) is 0 Å². The van der Waals surface area contributed by atoms with Crippen molar-refractivity contribution in [1.82, 2.24) is 9.88 Å². The first-order chi connectivity index (χ1) is 10.3. The monoisotopic (exact) mass is 286 g/mol. The van der Waals surface area contributed by atoms with Gasteiger partial charge in [0, 0.05) is 44.7 Å². The molecule has 1 aromatic rings. The Kier molecular flexibility index (Phi) is 4.53. The van der Waals surface area contributed by atoms with Gasteiger partial charge in [-0.15, -0.1) is 0 Å². The number of likely N-dealkylation sites (tertiary alicyclic amines) is 1. The number of ether oxygens (including phenoxy) is 1. The van der Waals surface area contributed by atoms with Crippen LogP contribution in [0.5, 0.6) is 5.75 Å². The van der Waals surface area contributed by atoms with E-state index < -0.39 is 0 Å². The maximum absolute atomic E-state index is 12.3. The second kappa shape index (κ2) is 6.74. The highest BCUT2D eigenvalue weighted by atomic mass is 16.5. The fraction of sp³-hybridized carbons (Fsp3) is 0.529. The van der Waals surface area contributed by atoms with Gasteiger partial charge < -0.3 is 9.64 Å². The van der Waals surface area contributed by atoms with E-state index in [9.17, 15) is 4.79 Å². The predicted octanol–water partition coefficient (Wildman–Crippen LogP) is 2.81. The third-order valence-electron chi connectivity index (χ3n) is 4.30. The van der Waals surface area contributed by atoms with Crippen molar-refractivity contribution in [3.8, 4) is 5.75 Å². The number of carbonyl (C=O) groups is 1. The van der Waals surface area contributed by atoms with Crippen molar-refractivity contribution in [2.24, 2.45) is 5.92 Å². The van der Waals surface area contributed by atoms with Gasteiger partial charge in [0.25, 0.3) is 0 Å². The van der Waals surface area contributed by atoms with Gasteiger partial charge in [0.1, 0.15) is 11.9 Å². The minimum Gasteiger partial charge on any atom is -0.490 e. The minimum atomic E-state index is 0.211. The normalized spacial score (nSPS) is 22.5. The molecule has 1 saturated heterocycles. The topological polar surface area (TPSA) is 42.4 Å². The Morgan fingerprint density at radius 3 is 2.67 bits per heavy atom. The third kappa shape index (κ3) is 3.84. The van der Waals surface area contributed by atoms with Crippen LogP contribution in [0.3, 0.4) is 0 Å². The smallest absolute Gasteiger partial charge is 0.223 e. The molecule has 1 unspecified atom stereocenters. The fourth-order valence-electron chi connectivity index (χ4n) is 3.05. The number of nitrogens with zero attached hydrogens (tertiary/aromatic N) is 2. The molecule has 0 radical (unpaired) electrons. The predicted molar refractivity (Wildman–Crippen MR) is 80.9 cm³/mol. The molecule has 1 aromatic heterocycles. The van der Waals surface area contributed by atoms with Crippen LogP contribution in [0.1, 0.15) is 32.1 Å². The molecule has 0 saturated carbocycles. The molecule has 1 aliphatic carbocycles. The summed E-state index contributed by atoms with van der Waals surface area (Å²) in [5.74, 6) is 1.63. The van der Waals surface area contributed by atoms with Gasteiger partial charge >= 0.3 is 0 Å². The van der Waals surface area contributed by atoms with Crippen molar-refractivity contribution in [3.05, 3.63) is 36.7 Å². The van der Waals surface area contributed by atoms with Gasteiger partial charge in [0.2, 0.25) is 5.91 Å². The molecular weight excluding hydrogens is 264 g/mol. The van der Waals surface area contributed by atoms with Crippen LogP contribution in [0.2, 0.25) is 0 Å². The molecule has 0 aromatic carbocycles. The lowest BCUT2D eigenvalue weighted by Crippen LogP contribution is -2.42.